The Hall–Kier alpha value is -7.98. The summed E-state index contributed by atoms with van der Waals surface area (Å²) in [6.07, 6.45) is -9.48. The van der Waals surface area contributed by atoms with Crippen LogP contribution in [0.4, 0.5) is 26.3 Å². The van der Waals surface area contributed by atoms with Gasteiger partial charge in [0.1, 0.15) is 0 Å². The first-order valence-electron chi connectivity index (χ1n) is 20.5. The first-order valence-corrected chi connectivity index (χ1v) is 20.5. The van der Waals surface area contributed by atoms with Gasteiger partial charge >= 0.3 is 12.4 Å². The maximum Gasteiger partial charge on any atom is 0.416 e. The van der Waals surface area contributed by atoms with Crippen LogP contribution in [0.15, 0.2) is 194 Å². The van der Waals surface area contributed by atoms with Crippen molar-refractivity contribution in [1.82, 2.24) is 19.1 Å². The zero-order valence-corrected chi connectivity index (χ0v) is 33.5. The van der Waals surface area contributed by atoms with Crippen molar-refractivity contribution in [1.29, 1.82) is 0 Å². The van der Waals surface area contributed by atoms with E-state index in [0.717, 1.165) is 68.4 Å². The van der Waals surface area contributed by atoms with E-state index in [9.17, 15) is 26.3 Å². The third-order valence-corrected chi connectivity index (χ3v) is 11.8. The van der Waals surface area contributed by atoms with Gasteiger partial charge in [0.25, 0.3) is 0 Å². The summed E-state index contributed by atoms with van der Waals surface area (Å²) in [5.74, 6) is 0.369. The van der Waals surface area contributed by atoms with Gasteiger partial charge in [-0.15, -0.1) is 0 Å². The van der Waals surface area contributed by atoms with Crippen LogP contribution in [0.2, 0.25) is 0 Å². The van der Waals surface area contributed by atoms with Crippen molar-refractivity contribution in [2.75, 3.05) is 0 Å². The molecule has 0 aliphatic rings. The number of hydrogen-bond donors (Lipinski definition) is 0. The van der Waals surface area contributed by atoms with E-state index in [-0.39, 0.29) is 10.8 Å². The van der Waals surface area contributed by atoms with Gasteiger partial charge in [0.15, 0.2) is 5.82 Å². The van der Waals surface area contributed by atoms with E-state index in [1.807, 2.05) is 133 Å². The standard InChI is InChI=1S/C54H32F6N4/c55-53(56,57)35-26-28-48-41(30-35)42-31-36(54(58,59)60)27-29-49(42)64(48)50-25-13-21-40(52-61-43(33-14-3-1-4-15-33)32-44(62-52)34-16-5-2-6-17-34)51(50)39-20-9-12-24-47(39)63-45-22-10-7-18-37(45)38-19-8-11-23-46(38)63/h1-32H. The lowest BCUT2D eigenvalue weighted by Crippen LogP contribution is -2.06. The Bertz CT molecular complexity index is 3400. The van der Waals surface area contributed by atoms with E-state index in [1.54, 1.807) is 4.57 Å². The Balaban J connectivity index is 1.29. The van der Waals surface area contributed by atoms with Crippen LogP contribution in [0.5, 0.6) is 0 Å². The molecule has 310 valence electrons. The lowest BCUT2D eigenvalue weighted by atomic mass is 9.94. The zero-order valence-electron chi connectivity index (χ0n) is 33.5. The molecule has 11 aromatic rings. The monoisotopic (exact) mass is 850 g/mol. The van der Waals surface area contributed by atoms with Crippen LogP contribution < -0.4 is 0 Å². The third-order valence-electron chi connectivity index (χ3n) is 11.8. The van der Waals surface area contributed by atoms with Crippen LogP contribution in [-0.4, -0.2) is 19.1 Å². The van der Waals surface area contributed by atoms with Crippen LogP contribution >= 0.6 is 0 Å². The molecule has 0 amide bonds. The van der Waals surface area contributed by atoms with Crippen LogP contribution in [0.3, 0.4) is 0 Å². The Morgan fingerprint density at radius 3 is 1.30 bits per heavy atom. The SMILES string of the molecule is FC(F)(F)c1ccc2c(c1)c1cc(C(F)(F)F)ccc1n2-c1cccc(-c2nc(-c3ccccc3)cc(-c3ccccc3)n2)c1-c1ccccc1-n1c2ccccc2c2ccccc21. The fourth-order valence-electron chi connectivity index (χ4n) is 8.97. The van der Waals surface area contributed by atoms with Gasteiger partial charge in [-0.05, 0) is 66.7 Å². The number of aromatic nitrogens is 4. The molecule has 4 nitrogen and oxygen atoms in total. The predicted octanol–water partition coefficient (Wildman–Crippen LogP) is 15.4. The minimum atomic E-state index is -4.74. The Morgan fingerprint density at radius 1 is 0.344 bits per heavy atom. The summed E-state index contributed by atoms with van der Waals surface area (Å²) < 4.78 is 90.0. The second-order valence-electron chi connectivity index (χ2n) is 15.6. The van der Waals surface area contributed by atoms with E-state index >= 15 is 0 Å². The van der Waals surface area contributed by atoms with Gasteiger partial charge in [0.05, 0.1) is 56.0 Å². The highest BCUT2D eigenvalue weighted by atomic mass is 19.4. The topological polar surface area (TPSA) is 35.6 Å². The quantitative estimate of drug-likeness (QED) is 0.156. The number of fused-ring (bicyclic) bond motifs is 6. The van der Waals surface area contributed by atoms with E-state index < -0.39 is 23.5 Å². The number of alkyl halides is 6. The molecule has 0 spiro atoms. The highest BCUT2D eigenvalue weighted by Gasteiger charge is 2.34. The maximum absolute atomic E-state index is 14.3. The van der Waals surface area contributed by atoms with Crippen molar-refractivity contribution in [2.45, 2.75) is 12.4 Å². The normalized spacial score (nSPS) is 12.2. The summed E-state index contributed by atoms with van der Waals surface area (Å²) in [7, 11) is 0. The van der Waals surface area contributed by atoms with E-state index in [2.05, 4.69) is 28.8 Å². The zero-order chi connectivity index (χ0) is 43.7. The molecule has 3 aromatic heterocycles. The molecule has 64 heavy (non-hydrogen) atoms. The fraction of sp³-hybridized carbons (Fsp3) is 0.0370. The lowest BCUT2D eigenvalue weighted by Gasteiger charge is -2.21. The molecule has 0 N–H and O–H groups in total. The molecule has 0 saturated carbocycles. The van der Waals surface area contributed by atoms with Crippen LogP contribution in [-0.2, 0) is 12.4 Å². The van der Waals surface area contributed by atoms with E-state index in [1.165, 1.54) is 12.1 Å². The number of nitrogens with zero attached hydrogens (tertiary/aromatic N) is 4. The number of para-hydroxylation sites is 3. The van der Waals surface area contributed by atoms with E-state index in [0.29, 0.717) is 45.1 Å². The average Bonchev–Trinajstić information content (AvgIpc) is 3.83. The molecule has 0 unspecified atom stereocenters. The second kappa shape index (κ2) is 14.8. The smallest absolute Gasteiger partial charge is 0.309 e. The molecule has 0 radical (unpaired) electrons. The molecular formula is C54H32F6N4. The molecule has 0 bridgehead atoms. The highest BCUT2D eigenvalue weighted by molar-refractivity contribution is 6.12. The summed E-state index contributed by atoms with van der Waals surface area (Å²) in [5, 5.41) is 2.13. The first-order chi connectivity index (χ1) is 31.0. The molecule has 8 aromatic carbocycles. The summed E-state index contributed by atoms with van der Waals surface area (Å²) in [4.78, 5) is 10.5. The molecule has 0 aliphatic carbocycles. The van der Waals surface area contributed by atoms with Crippen molar-refractivity contribution in [2.24, 2.45) is 0 Å². The van der Waals surface area contributed by atoms with Crippen molar-refractivity contribution >= 4 is 43.6 Å². The van der Waals surface area contributed by atoms with Gasteiger partial charge < -0.3 is 9.13 Å². The minimum absolute atomic E-state index is 0.0247. The van der Waals surface area contributed by atoms with Crippen LogP contribution in [0, 0.1) is 0 Å². The van der Waals surface area contributed by atoms with Crippen molar-refractivity contribution < 1.29 is 26.3 Å². The first kappa shape index (κ1) is 38.9. The van der Waals surface area contributed by atoms with Crippen LogP contribution in [0.1, 0.15) is 11.1 Å². The fourth-order valence-corrected chi connectivity index (χ4v) is 8.97. The Morgan fingerprint density at radius 2 is 0.766 bits per heavy atom. The average molecular weight is 851 g/mol. The minimum Gasteiger partial charge on any atom is -0.309 e. The van der Waals surface area contributed by atoms with Gasteiger partial charge in [-0.2, -0.15) is 26.3 Å². The molecular weight excluding hydrogens is 819 g/mol. The van der Waals surface area contributed by atoms with Gasteiger partial charge in [-0.25, -0.2) is 9.97 Å². The molecule has 10 heteroatoms. The summed E-state index contributed by atoms with van der Waals surface area (Å²) in [6.45, 7) is 0. The number of benzene rings is 8. The van der Waals surface area contributed by atoms with E-state index in [4.69, 9.17) is 9.97 Å². The number of halogens is 6. The van der Waals surface area contributed by atoms with Crippen LogP contribution in [0.25, 0.3) is 100 Å². The van der Waals surface area contributed by atoms with Gasteiger partial charge in [-0.3, -0.25) is 0 Å². The van der Waals surface area contributed by atoms with Crippen molar-refractivity contribution in [3.8, 4) is 56.4 Å². The predicted molar refractivity (Wildman–Crippen MR) is 242 cm³/mol. The third kappa shape index (κ3) is 6.49. The van der Waals surface area contributed by atoms with Crippen molar-refractivity contribution in [3.05, 3.63) is 205 Å². The number of rotatable bonds is 6. The Kier molecular flexibility index (Phi) is 9.02. The summed E-state index contributed by atoms with van der Waals surface area (Å²) in [6, 6.07) is 57.6. The molecule has 0 aliphatic heterocycles. The second-order valence-corrected chi connectivity index (χ2v) is 15.6. The molecule has 3 heterocycles. The summed E-state index contributed by atoms with van der Waals surface area (Å²) >= 11 is 0. The number of hydrogen-bond acceptors (Lipinski definition) is 2. The van der Waals surface area contributed by atoms with Gasteiger partial charge in [0.2, 0.25) is 0 Å². The Labute approximate surface area is 362 Å². The lowest BCUT2D eigenvalue weighted by molar-refractivity contribution is -0.138. The van der Waals surface area contributed by atoms with Gasteiger partial charge in [-0.1, -0.05) is 127 Å². The molecule has 11 rings (SSSR count). The molecule has 0 saturated heterocycles. The molecule has 0 fully saturated rings. The largest absolute Gasteiger partial charge is 0.416 e. The highest BCUT2D eigenvalue weighted by Crippen LogP contribution is 2.46. The van der Waals surface area contributed by atoms with Crippen molar-refractivity contribution in [3.63, 3.8) is 0 Å². The maximum atomic E-state index is 14.3. The van der Waals surface area contributed by atoms with Gasteiger partial charge in [0, 0.05) is 49.4 Å². The molecule has 0 atom stereocenters. The summed E-state index contributed by atoms with van der Waals surface area (Å²) in [5.41, 5.74) is 6.78.